The van der Waals surface area contributed by atoms with Crippen molar-refractivity contribution in [1.29, 1.82) is 0 Å². The maximum absolute atomic E-state index is 6.17. The van der Waals surface area contributed by atoms with E-state index in [2.05, 4.69) is 37.4 Å². The Morgan fingerprint density at radius 1 is 1.26 bits per heavy atom. The Kier molecular flexibility index (Phi) is 5.72. The lowest BCUT2D eigenvalue weighted by molar-refractivity contribution is 0.226. The normalized spacial score (nSPS) is 27.4. The van der Waals surface area contributed by atoms with Gasteiger partial charge in [0.15, 0.2) is 0 Å². The van der Waals surface area contributed by atoms with Gasteiger partial charge in [-0.15, -0.1) is 0 Å². The van der Waals surface area contributed by atoms with Crippen LogP contribution in [0.5, 0.6) is 0 Å². The molecule has 1 aromatic rings. The summed E-state index contributed by atoms with van der Waals surface area (Å²) < 4.78 is 0. The molecule has 3 unspecified atom stereocenters. The van der Waals surface area contributed by atoms with Crippen molar-refractivity contribution in [3.63, 3.8) is 0 Å². The highest BCUT2D eigenvalue weighted by Gasteiger charge is 2.30. The Labute approximate surface area is 122 Å². The van der Waals surface area contributed by atoms with Gasteiger partial charge in [0, 0.05) is 5.02 Å². The van der Waals surface area contributed by atoms with E-state index in [4.69, 9.17) is 11.6 Å². The zero-order chi connectivity index (χ0) is 13.7. The minimum atomic E-state index is 0.677. The third-order valence-electron chi connectivity index (χ3n) is 4.61. The first-order valence-electron chi connectivity index (χ1n) is 7.70. The maximum Gasteiger partial charge on any atom is 0.0408 e. The SMILES string of the molecule is CCNCC1CCC(CC)CC1c1cccc(Cl)c1. The molecule has 1 aliphatic rings. The van der Waals surface area contributed by atoms with Gasteiger partial charge in [-0.1, -0.05) is 50.4 Å². The Morgan fingerprint density at radius 2 is 2.11 bits per heavy atom. The summed E-state index contributed by atoms with van der Waals surface area (Å²) in [4.78, 5) is 0. The van der Waals surface area contributed by atoms with Gasteiger partial charge in [-0.2, -0.15) is 0 Å². The van der Waals surface area contributed by atoms with Gasteiger partial charge in [0.25, 0.3) is 0 Å². The average Bonchev–Trinajstić information content (AvgIpc) is 2.45. The first-order chi connectivity index (χ1) is 9.24. The molecule has 1 aromatic carbocycles. The van der Waals surface area contributed by atoms with Gasteiger partial charge < -0.3 is 5.32 Å². The minimum absolute atomic E-state index is 0.677. The lowest BCUT2D eigenvalue weighted by Crippen LogP contribution is -2.32. The second-order valence-corrected chi connectivity index (χ2v) is 6.25. The number of rotatable bonds is 5. The molecule has 2 rings (SSSR count). The van der Waals surface area contributed by atoms with E-state index in [0.29, 0.717) is 5.92 Å². The first kappa shape index (κ1) is 14.9. The third-order valence-corrected chi connectivity index (χ3v) is 4.85. The van der Waals surface area contributed by atoms with Crippen LogP contribution in [-0.4, -0.2) is 13.1 Å². The number of hydrogen-bond acceptors (Lipinski definition) is 1. The Morgan fingerprint density at radius 3 is 2.79 bits per heavy atom. The molecule has 3 atom stereocenters. The van der Waals surface area contributed by atoms with E-state index < -0.39 is 0 Å². The fraction of sp³-hybridized carbons (Fsp3) is 0.647. The lowest BCUT2D eigenvalue weighted by Gasteiger charge is -2.36. The van der Waals surface area contributed by atoms with Gasteiger partial charge in [-0.05, 0) is 61.4 Å². The predicted octanol–water partition coefficient (Wildman–Crippen LogP) is 4.86. The molecular formula is C17H26ClN. The van der Waals surface area contributed by atoms with Crippen molar-refractivity contribution >= 4 is 11.6 Å². The second kappa shape index (κ2) is 7.31. The fourth-order valence-electron chi connectivity index (χ4n) is 3.41. The molecule has 1 aliphatic carbocycles. The van der Waals surface area contributed by atoms with Gasteiger partial charge >= 0.3 is 0 Å². The largest absolute Gasteiger partial charge is 0.317 e. The van der Waals surface area contributed by atoms with Crippen molar-refractivity contribution in [2.45, 2.75) is 45.4 Å². The van der Waals surface area contributed by atoms with Crippen LogP contribution >= 0.6 is 11.6 Å². The molecule has 2 heteroatoms. The molecule has 0 heterocycles. The van der Waals surface area contributed by atoms with Gasteiger partial charge in [0.05, 0.1) is 0 Å². The molecule has 106 valence electrons. The molecule has 0 amide bonds. The molecule has 0 bridgehead atoms. The number of nitrogens with one attached hydrogen (secondary N) is 1. The van der Waals surface area contributed by atoms with Crippen molar-refractivity contribution in [3.05, 3.63) is 34.9 Å². The minimum Gasteiger partial charge on any atom is -0.317 e. The molecule has 1 N–H and O–H groups in total. The summed E-state index contributed by atoms with van der Waals surface area (Å²) in [6.07, 6.45) is 5.38. The van der Waals surface area contributed by atoms with Crippen molar-refractivity contribution in [2.75, 3.05) is 13.1 Å². The maximum atomic E-state index is 6.17. The van der Waals surface area contributed by atoms with Crippen molar-refractivity contribution in [2.24, 2.45) is 11.8 Å². The van der Waals surface area contributed by atoms with Gasteiger partial charge in [0.2, 0.25) is 0 Å². The van der Waals surface area contributed by atoms with Gasteiger partial charge in [0.1, 0.15) is 0 Å². The van der Waals surface area contributed by atoms with Crippen LogP contribution < -0.4 is 5.32 Å². The molecule has 0 saturated heterocycles. The summed E-state index contributed by atoms with van der Waals surface area (Å²) in [5.41, 5.74) is 1.44. The molecule has 0 radical (unpaired) electrons. The number of benzene rings is 1. The molecule has 1 nitrogen and oxygen atoms in total. The molecule has 0 aliphatic heterocycles. The van der Waals surface area contributed by atoms with Crippen molar-refractivity contribution < 1.29 is 0 Å². The van der Waals surface area contributed by atoms with Crippen LogP contribution in [0.1, 0.15) is 51.0 Å². The van der Waals surface area contributed by atoms with E-state index in [9.17, 15) is 0 Å². The van der Waals surface area contributed by atoms with E-state index in [1.54, 1.807) is 0 Å². The van der Waals surface area contributed by atoms with Gasteiger partial charge in [-0.3, -0.25) is 0 Å². The number of halogens is 1. The smallest absolute Gasteiger partial charge is 0.0408 e. The highest BCUT2D eigenvalue weighted by atomic mass is 35.5. The van der Waals surface area contributed by atoms with Crippen LogP contribution in [0.15, 0.2) is 24.3 Å². The van der Waals surface area contributed by atoms with Crippen LogP contribution in [0.2, 0.25) is 5.02 Å². The van der Waals surface area contributed by atoms with Crippen LogP contribution in [0.25, 0.3) is 0 Å². The Bertz CT molecular complexity index is 391. The van der Waals surface area contributed by atoms with E-state index in [-0.39, 0.29) is 0 Å². The summed E-state index contributed by atoms with van der Waals surface area (Å²) in [7, 11) is 0. The van der Waals surface area contributed by atoms with Crippen molar-refractivity contribution in [1.82, 2.24) is 5.32 Å². The van der Waals surface area contributed by atoms with Crippen LogP contribution in [-0.2, 0) is 0 Å². The summed E-state index contributed by atoms with van der Waals surface area (Å²) in [5, 5.41) is 4.41. The van der Waals surface area contributed by atoms with E-state index in [1.807, 2.05) is 6.07 Å². The molecule has 0 spiro atoms. The topological polar surface area (TPSA) is 12.0 Å². The highest BCUT2D eigenvalue weighted by molar-refractivity contribution is 6.30. The average molecular weight is 280 g/mol. The summed E-state index contributed by atoms with van der Waals surface area (Å²) in [5.74, 6) is 2.33. The third kappa shape index (κ3) is 3.97. The van der Waals surface area contributed by atoms with E-state index >= 15 is 0 Å². The van der Waals surface area contributed by atoms with E-state index in [1.165, 1.54) is 31.2 Å². The lowest BCUT2D eigenvalue weighted by atomic mass is 9.70. The fourth-order valence-corrected chi connectivity index (χ4v) is 3.61. The van der Waals surface area contributed by atoms with E-state index in [0.717, 1.165) is 29.9 Å². The predicted molar refractivity (Wildman–Crippen MR) is 83.9 cm³/mol. The molecule has 0 aromatic heterocycles. The van der Waals surface area contributed by atoms with Crippen LogP contribution in [0.4, 0.5) is 0 Å². The quantitative estimate of drug-likeness (QED) is 0.812. The molecule has 19 heavy (non-hydrogen) atoms. The van der Waals surface area contributed by atoms with Crippen LogP contribution in [0, 0.1) is 11.8 Å². The summed E-state index contributed by atoms with van der Waals surface area (Å²) in [6, 6.07) is 8.50. The Balaban J connectivity index is 2.14. The number of hydrogen-bond donors (Lipinski definition) is 1. The van der Waals surface area contributed by atoms with Gasteiger partial charge in [-0.25, -0.2) is 0 Å². The highest BCUT2D eigenvalue weighted by Crippen LogP contribution is 2.41. The van der Waals surface area contributed by atoms with Crippen LogP contribution in [0.3, 0.4) is 0 Å². The summed E-state index contributed by atoms with van der Waals surface area (Å²) in [6.45, 7) is 6.72. The Hall–Kier alpha value is -0.530. The second-order valence-electron chi connectivity index (χ2n) is 5.82. The van der Waals surface area contributed by atoms with Crippen molar-refractivity contribution in [3.8, 4) is 0 Å². The molecule has 1 fully saturated rings. The monoisotopic (exact) mass is 279 g/mol. The molecule has 1 saturated carbocycles. The molecular weight excluding hydrogens is 254 g/mol. The zero-order valence-corrected chi connectivity index (χ0v) is 12.9. The zero-order valence-electron chi connectivity index (χ0n) is 12.2. The first-order valence-corrected chi connectivity index (χ1v) is 8.08. The summed E-state index contributed by atoms with van der Waals surface area (Å²) >= 11 is 6.17. The standard InChI is InChI=1S/C17H26ClN/c1-3-13-8-9-15(12-19-4-2)17(10-13)14-6-5-7-16(18)11-14/h5-7,11,13,15,17,19H,3-4,8-10,12H2,1-2H3.